The van der Waals surface area contributed by atoms with Gasteiger partial charge in [0.2, 0.25) is 5.91 Å². The molecule has 1 fully saturated rings. The molecule has 1 saturated heterocycles. The number of nitriles is 1. The fourth-order valence-corrected chi connectivity index (χ4v) is 1.51. The molecule has 0 radical (unpaired) electrons. The van der Waals surface area contributed by atoms with Crippen LogP contribution in [0.4, 0.5) is 0 Å². The lowest BCUT2D eigenvalue weighted by molar-refractivity contribution is -0.132. The number of piperidine rings is 1. The van der Waals surface area contributed by atoms with Crippen LogP contribution in [0.15, 0.2) is 0 Å². The topological polar surface area (TPSA) is 56.1 Å². The summed E-state index contributed by atoms with van der Waals surface area (Å²) in [5, 5.41) is 11.6. The molecule has 0 spiro atoms. The van der Waals surface area contributed by atoms with E-state index < -0.39 is 0 Å². The van der Waals surface area contributed by atoms with Crippen LogP contribution in [0.3, 0.4) is 0 Å². The molecule has 13 heavy (non-hydrogen) atoms. The van der Waals surface area contributed by atoms with Crippen LogP contribution in [0.25, 0.3) is 0 Å². The third-order valence-corrected chi connectivity index (χ3v) is 2.30. The Morgan fingerprint density at radius 2 is 2.54 bits per heavy atom. The summed E-state index contributed by atoms with van der Waals surface area (Å²) in [6.45, 7) is 1.49. The minimum atomic E-state index is 0.221. The first-order chi connectivity index (χ1) is 6.24. The Labute approximate surface area is 78.5 Å². The maximum atomic E-state index is 11.1. The van der Waals surface area contributed by atoms with Gasteiger partial charge in [0.25, 0.3) is 0 Å². The largest absolute Gasteiger partial charge is 0.344 e. The van der Waals surface area contributed by atoms with E-state index in [0.29, 0.717) is 18.9 Å². The van der Waals surface area contributed by atoms with E-state index in [-0.39, 0.29) is 5.91 Å². The fourth-order valence-electron chi connectivity index (χ4n) is 1.51. The number of nitrogens with one attached hydrogen (secondary N) is 1. The predicted molar refractivity (Wildman–Crippen MR) is 48.9 cm³/mol. The highest BCUT2D eigenvalue weighted by molar-refractivity contribution is 5.76. The Kier molecular flexibility index (Phi) is 3.71. The Hall–Kier alpha value is -1.08. The highest BCUT2D eigenvalue weighted by atomic mass is 16.2. The van der Waals surface area contributed by atoms with Crippen LogP contribution >= 0.6 is 0 Å². The lowest BCUT2D eigenvalue weighted by Gasteiger charge is -2.30. The summed E-state index contributed by atoms with van der Waals surface area (Å²) in [6, 6.07) is 2.46. The summed E-state index contributed by atoms with van der Waals surface area (Å²) in [6.07, 6.45) is 2.06. The molecular weight excluding hydrogens is 166 g/mol. The second-order valence-electron chi connectivity index (χ2n) is 3.37. The van der Waals surface area contributed by atoms with Crippen molar-refractivity contribution in [3.05, 3.63) is 0 Å². The molecule has 0 aromatic heterocycles. The number of carbonyl (C=O) groups is 1. The summed E-state index contributed by atoms with van der Waals surface area (Å²) in [7, 11) is 1.82. The fraction of sp³-hybridized carbons (Fsp3) is 0.778. The van der Waals surface area contributed by atoms with Crippen molar-refractivity contribution in [1.82, 2.24) is 10.2 Å². The van der Waals surface area contributed by atoms with E-state index in [9.17, 15) is 4.79 Å². The molecule has 1 atom stereocenters. The van der Waals surface area contributed by atoms with Crippen LogP contribution in [0, 0.1) is 11.3 Å². The molecule has 1 unspecified atom stereocenters. The Bertz CT molecular complexity index is 221. The number of likely N-dealkylation sites (N-methyl/N-ethyl adjacent to an activating group) is 1. The van der Waals surface area contributed by atoms with Crippen molar-refractivity contribution in [3.63, 3.8) is 0 Å². The Balaban J connectivity index is 2.22. The van der Waals surface area contributed by atoms with Crippen molar-refractivity contribution < 1.29 is 4.79 Å². The molecule has 1 N–H and O–H groups in total. The predicted octanol–water partition coefficient (Wildman–Crippen LogP) is 0.110. The third-order valence-electron chi connectivity index (χ3n) is 2.30. The van der Waals surface area contributed by atoms with E-state index >= 15 is 0 Å². The minimum Gasteiger partial charge on any atom is -0.344 e. The molecule has 1 heterocycles. The summed E-state index contributed by atoms with van der Waals surface area (Å²) in [5.41, 5.74) is 0. The molecule has 1 aliphatic rings. The van der Waals surface area contributed by atoms with Gasteiger partial charge in [-0.2, -0.15) is 5.26 Å². The van der Waals surface area contributed by atoms with Gasteiger partial charge in [-0.1, -0.05) is 0 Å². The van der Waals surface area contributed by atoms with Crippen molar-refractivity contribution >= 4 is 5.91 Å². The van der Waals surface area contributed by atoms with E-state index in [2.05, 4.69) is 11.4 Å². The molecule has 0 bridgehead atoms. The molecule has 1 rings (SSSR count). The van der Waals surface area contributed by atoms with Crippen molar-refractivity contribution in [2.24, 2.45) is 0 Å². The quantitative estimate of drug-likeness (QED) is 0.629. The zero-order valence-electron chi connectivity index (χ0n) is 7.92. The molecule has 0 saturated carbocycles. The summed E-state index contributed by atoms with van der Waals surface area (Å²) in [5.74, 6) is 0.221. The number of hydrogen-bond acceptors (Lipinski definition) is 3. The zero-order chi connectivity index (χ0) is 9.68. The second kappa shape index (κ2) is 4.83. The van der Waals surface area contributed by atoms with Gasteiger partial charge in [0.15, 0.2) is 0 Å². The van der Waals surface area contributed by atoms with Crippen LogP contribution in [0.1, 0.15) is 19.3 Å². The average molecular weight is 181 g/mol. The van der Waals surface area contributed by atoms with Gasteiger partial charge in [0.05, 0.1) is 6.07 Å². The Morgan fingerprint density at radius 1 is 1.77 bits per heavy atom. The van der Waals surface area contributed by atoms with Crippen LogP contribution in [0.2, 0.25) is 0 Å². The number of nitrogens with zero attached hydrogens (tertiary/aromatic N) is 2. The van der Waals surface area contributed by atoms with Crippen molar-refractivity contribution in [3.8, 4) is 6.07 Å². The van der Waals surface area contributed by atoms with E-state index in [4.69, 9.17) is 5.26 Å². The SMILES string of the molecule is CN1CC(NCCC#N)CCC1=O. The molecule has 4 heteroatoms. The number of amides is 1. The maximum Gasteiger partial charge on any atom is 0.222 e. The van der Waals surface area contributed by atoms with E-state index in [0.717, 1.165) is 19.5 Å². The third kappa shape index (κ3) is 3.03. The standard InChI is InChI=1S/C9H15N3O/c1-12-7-8(3-4-9(12)13)11-6-2-5-10/h8,11H,2-4,6-7H2,1H3. The number of hydrogen-bond donors (Lipinski definition) is 1. The highest BCUT2D eigenvalue weighted by Gasteiger charge is 2.21. The summed E-state index contributed by atoms with van der Waals surface area (Å²) >= 11 is 0. The Morgan fingerprint density at radius 3 is 3.15 bits per heavy atom. The van der Waals surface area contributed by atoms with Crippen molar-refractivity contribution in [1.29, 1.82) is 5.26 Å². The van der Waals surface area contributed by atoms with Gasteiger partial charge in [-0.15, -0.1) is 0 Å². The first-order valence-corrected chi connectivity index (χ1v) is 4.58. The average Bonchev–Trinajstić information content (AvgIpc) is 2.12. The number of carbonyl (C=O) groups excluding carboxylic acids is 1. The normalized spacial score (nSPS) is 22.9. The van der Waals surface area contributed by atoms with Gasteiger partial charge in [0, 0.05) is 39.0 Å². The lowest BCUT2D eigenvalue weighted by Crippen LogP contribution is -2.46. The van der Waals surface area contributed by atoms with Gasteiger partial charge in [-0.3, -0.25) is 4.79 Å². The van der Waals surface area contributed by atoms with E-state index in [1.807, 2.05) is 7.05 Å². The van der Waals surface area contributed by atoms with Crippen LogP contribution in [0.5, 0.6) is 0 Å². The maximum absolute atomic E-state index is 11.1. The van der Waals surface area contributed by atoms with Crippen LogP contribution < -0.4 is 5.32 Å². The van der Waals surface area contributed by atoms with Gasteiger partial charge in [0.1, 0.15) is 0 Å². The smallest absolute Gasteiger partial charge is 0.222 e. The first kappa shape index (κ1) is 10.0. The summed E-state index contributed by atoms with van der Waals surface area (Å²) in [4.78, 5) is 12.9. The highest BCUT2D eigenvalue weighted by Crippen LogP contribution is 2.09. The van der Waals surface area contributed by atoms with Gasteiger partial charge >= 0.3 is 0 Å². The van der Waals surface area contributed by atoms with Crippen molar-refractivity contribution in [2.45, 2.75) is 25.3 Å². The van der Waals surface area contributed by atoms with Gasteiger partial charge in [-0.05, 0) is 6.42 Å². The first-order valence-electron chi connectivity index (χ1n) is 4.58. The molecular formula is C9H15N3O. The van der Waals surface area contributed by atoms with Gasteiger partial charge < -0.3 is 10.2 Å². The molecule has 0 aromatic carbocycles. The van der Waals surface area contributed by atoms with E-state index in [1.54, 1.807) is 4.90 Å². The minimum absolute atomic E-state index is 0.221. The van der Waals surface area contributed by atoms with Gasteiger partial charge in [-0.25, -0.2) is 0 Å². The molecule has 1 amide bonds. The summed E-state index contributed by atoms with van der Waals surface area (Å²) < 4.78 is 0. The monoisotopic (exact) mass is 181 g/mol. The van der Waals surface area contributed by atoms with Crippen LogP contribution in [-0.4, -0.2) is 37.0 Å². The molecule has 0 aliphatic carbocycles. The van der Waals surface area contributed by atoms with E-state index in [1.165, 1.54) is 0 Å². The van der Waals surface area contributed by atoms with Crippen molar-refractivity contribution in [2.75, 3.05) is 20.1 Å². The molecule has 72 valence electrons. The second-order valence-corrected chi connectivity index (χ2v) is 3.37. The van der Waals surface area contributed by atoms with Crippen LogP contribution in [-0.2, 0) is 4.79 Å². The lowest BCUT2D eigenvalue weighted by atomic mass is 10.1. The molecule has 4 nitrogen and oxygen atoms in total. The number of rotatable bonds is 3. The number of likely N-dealkylation sites (tertiary alicyclic amines) is 1. The zero-order valence-corrected chi connectivity index (χ0v) is 7.92. The molecule has 1 aliphatic heterocycles. The molecule has 0 aromatic rings.